The number of nitrogens with zero attached hydrogens (tertiary/aromatic N) is 1. The molecule has 3 atom stereocenters. The number of carbonyl (C=O) groups is 1. The fourth-order valence-electron chi connectivity index (χ4n) is 3.24. The first kappa shape index (κ1) is 16.0. The molecule has 1 aromatic rings. The molecule has 1 aliphatic rings. The average Bonchev–Trinajstić information content (AvgIpc) is 2.83. The van der Waals surface area contributed by atoms with Crippen molar-refractivity contribution in [3.05, 3.63) is 35.9 Å². The molecule has 21 heavy (non-hydrogen) atoms. The van der Waals surface area contributed by atoms with Gasteiger partial charge in [0, 0.05) is 6.04 Å². The number of carbonyl (C=O) groups excluding carboxylic acids is 1. The summed E-state index contributed by atoms with van der Waals surface area (Å²) in [6.07, 6.45) is 3.20. The van der Waals surface area contributed by atoms with Crippen LogP contribution in [0.25, 0.3) is 0 Å². The lowest BCUT2D eigenvalue weighted by Crippen LogP contribution is -2.40. The standard InChI is InChI=1S/C18H28N2O/c1-5-10-15(6-2)20-17(14-11-8-7-9-12-14)19-16(13(3)4)18(20)21/h7-9,11-13,15-17,19H,5-6,10H2,1-4H3. The topological polar surface area (TPSA) is 32.3 Å². The molecule has 1 N–H and O–H groups in total. The molecule has 1 amide bonds. The second-order valence-electron chi connectivity index (χ2n) is 6.30. The molecule has 1 fully saturated rings. The van der Waals surface area contributed by atoms with Crippen molar-refractivity contribution in [2.24, 2.45) is 5.92 Å². The van der Waals surface area contributed by atoms with Crippen LogP contribution in [0.3, 0.4) is 0 Å². The quantitative estimate of drug-likeness (QED) is 0.865. The zero-order valence-corrected chi connectivity index (χ0v) is 13.7. The Labute approximate surface area is 128 Å². The van der Waals surface area contributed by atoms with Crippen LogP contribution in [0.5, 0.6) is 0 Å². The number of benzene rings is 1. The van der Waals surface area contributed by atoms with E-state index in [4.69, 9.17) is 0 Å². The van der Waals surface area contributed by atoms with Crippen molar-refractivity contribution in [2.75, 3.05) is 0 Å². The van der Waals surface area contributed by atoms with Crippen molar-refractivity contribution in [3.8, 4) is 0 Å². The van der Waals surface area contributed by atoms with E-state index in [1.165, 1.54) is 5.56 Å². The van der Waals surface area contributed by atoms with Gasteiger partial charge in [-0.1, -0.05) is 64.4 Å². The molecule has 0 spiro atoms. The van der Waals surface area contributed by atoms with E-state index in [1.807, 2.05) is 18.2 Å². The largest absolute Gasteiger partial charge is 0.319 e. The van der Waals surface area contributed by atoms with Gasteiger partial charge in [-0.3, -0.25) is 10.1 Å². The van der Waals surface area contributed by atoms with Crippen molar-refractivity contribution in [2.45, 2.75) is 65.2 Å². The van der Waals surface area contributed by atoms with E-state index >= 15 is 0 Å². The summed E-state index contributed by atoms with van der Waals surface area (Å²) in [4.78, 5) is 15.0. The zero-order chi connectivity index (χ0) is 15.4. The fraction of sp³-hybridized carbons (Fsp3) is 0.611. The van der Waals surface area contributed by atoms with Gasteiger partial charge in [0.25, 0.3) is 0 Å². The van der Waals surface area contributed by atoms with Gasteiger partial charge in [0.2, 0.25) is 5.91 Å². The minimum absolute atomic E-state index is 0.0163. The zero-order valence-electron chi connectivity index (χ0n) is 13.7. The van der Waals surface area contributed by atoms with Crippen molar-refractivity contribution in [1.82, 2.24) is 10.2 Å². The Kier molecular flexibility index (Phi) is 5.40. The summed E-state index contributed by atoms with van der Waals surface area (Å²) in [7, 11) is 0. The van der Waals surface area contributed by atoms with Crippen molar-refractivity contribution in [1.29, 1.82) is 0 Å². The summed E-state index contributed by atoms with van der Waals surface area (Å²) in [6.45, 7) is 8.59. The van der Waals surface area contributed by atoms with Gasteiger partial charge >= 0.3 is 0 Å². The Morgan fingerprint density at radius 1 is 1.19 bits per heavy atom. The van der Waals surface area contributed by atoms with E-state index in [9.17, 15) is 4.79 Å². The van der Waals surface area contributed by atoms with E-state index in [-0.39, 0.29) is 18.1 Å². The third-order valence-electron chi connectivity index (χ3n) is 4.40. The van der Waals surface area contributed by atoms with E-state index in [0.29, 0.717) is 12.0 Å². The van der Waals surface area contributed by atoms with Gasteiger partial charge in [-0.05, 0) is 24.3 Å². The third-order valence-corrected chi connectivity index (χ3v) is 4.40. The molecule has 1 heterocycles. The average molecular weight is 288 g/mol. The second kappa shape index (κ2) is 7.08. The minimum Gasteiger partial charge on any atom is -0.319 e. The Bertz CT molecular complexity index is 458. The van der Waals surface area contributed by atoms with Gasteiger partial charge in [0.15, 0.2) is 0 Å². The normalized spacial score (nSPS) is 23.9. The van der Waals surface area contributed by atoms with Gasteiger partial charge in [-0.2, -0.15) is 0 Å². The van der Waals surface area contributed by atoms with E-state index < -0.39 is 0 Å². The lowest BCUT2D eigenvalue weighted by molar-refractivity contribution is -0.133. The molecule has 3 heteroatoms. The predicted octanol–water partition coefficient (Wildman–Crippen LogP) is 3.72. The molecular weight excluding hydrogens is 260 g/mol. The summed E-state index contributed by atoms with van der Waals surface area (Å²) in [5.41, 5.74) is 1.18. The van der Waals surface area contributed by atoms with Crippen molar-refractivity contribution < 1.29 is 4.79 Å². The van der Waals surface area contributed by atoms with Crippen LogP contribution < -0.4 is 5.32 Å². The van der Waals surface area contributed by atoms with Gasteiger partial charge in [0.05, 0.1) is 6.04 Å². The molecule has 0 bridgehead atoms. The van der Waals surface area contributed by atoms with Gasteiger partial charge in [-0.25, -0.2) is 0 Å². The van der Waals surface area contributed by atoms with Crippen LogP contribution in [0.1, 0.15) is 58.7 Å². The van der Waals surface area contributed by atoms with Crippen LogP contribution in [0, 0.1) is 5.92 Å². The molecule has 0 aromatic heterocycles. The Balaban J connectivity index is 2.33. The maximum atomic E-state index is 12.9. The molecular formula is C18H28N2O. The van der Waals surface area contributed by atoms with E-state index in [1.54, 1.807) is 0 Å². The fourth-order valence-corrected chi connectivity index (χ4v) is 3.24. The smallest absolute Gasteiger partial charge is 0.241 e. The molecule has 0 saturated carbocycles. The molecule has 3 unspecified atom stereocenters. The summed E-state index contributed by atoms with van der Waals surface area (Å²) in [6, 6.07) is 10.6. The highest BCUT2D eigenvalue weighted by molar-refractivity contribution is 5.85. The number of hydrogen-bond donors (Lipinski definition) is 1. The number of rotatable bonds is 6. The molecule has 3 nitrogen and oxygen atoms in total. The van der Waals surface area contributed by atoms with Crippen molar-refractivity contribution >= 4 is 5.91 Å². The van der Waals surface area contributed by atoms with Gasteiger partial charge in [0.1, 0.15) is 6.17 Å². The lowest BCUT2D eigenvalue weighted by Gasteiger charge is -2.32. The monoisotopic (exact) mass is 288 g/mol. The molecule has 0 aliphatic carbocycles. The Morgan fingerprint density at radius 3 is 2.38 bits per heavy atom. The van der Waals surface area contributed by atoms with Crippen molar-refractivity contribution in [3.63, 3.8) is 0 Å². The van der Waals surface area contributed by atoms with Crippen LogP contribution in [0.4, 0.5) is 0 Å². The number of nitrogens with one attached hydrogen (secondary N) is 1. The Morgan fingerprint density at radius 2 is 1.86 bits per heavy atom. The molecule has 2 rings (SSSR count). The highest BCUT2D eigenvalue weighted by Gasteiger charge is 2.43. The SMILES string of the molecule is CCCC(CC)N1C(=O)C(C(C)C)NC1c1ccccc1. The second-order valence-corrected chi connectivity index (χ2v) is 6.30. The minimum atomic E-state index is -0.0684. The van der Waals surface area contributed by atoms with Crippen LogP contribution in [0.15, 0.2) is 30.3 Å². The van der Waals surface area contributed by atoms with Crippen LogP contribution in [0.2, 0.25) is 0 Å². The third kappa shape index (κ3) is 3.29. The van der Waals surface area contributed by atoms with Gasteiger partial charge < -0.3 is 4.90 Å². The summed E-state index contributed by atoms with van der Waals surface area (Å²) in [5.74, 6) is 0.576. The Hall–Kier alpha value is -1.35. The first-order valence-corrected chi connectivity index (χ1v) is 8.23. The van der Waals surface area contributed by atoms with Gasteiger partial charge in [-0.15, -0.1) is 0 Å². The molecule has 1 aliphatic heterocycles. The summed E-state index contributed by atoms with van der Waals surface area (Å²) >= 11 is 0. The maximum Gasteiger partial charge on any atom is 0.241 e. The molecule has 1 saturated heterocycles. The lowest BCUT2D eigenvalue weighted by atomic mass is 10.0. The number of hydrogen-bond acceptors (Lipinski definition) is 2. The highest BCUT2D eigenvalue weighted by atomic mass is 16.2. The summed E-state index contributed by atoms with van der Waals surface area (Å²) < 4.78 is 0. The first-order chi connectivity index (χ1) is 10.1. The molecule has 1 aromatic carbocycles. The predicted molar refractivity (Wildman–Crippen MR) is 86.8 cm³/mol. The van der Waals surface area contributed by atoms with E-state index in [2.05, 4.69) is 50.0 Å². The first-order valence-electron chi connectivity index (χ1n) is 8.23. The van der Waals surface area contributed by atoms with Crippen LogP contribution >= 0.6 is 0 Å². The number of amides is 1. The highest BCUT2D eigenvalue weighted by Crippen LogP contribution is 2.32. The maximum absolute atomic E-state index is 12.9. The van der Waals surface area contributed by atoms with E-state index in [0.717, 1.165) is 19.3 Å². The van der Waals surface area contributed by atoms with Crippen LogP contribution in [-0.2, 0) is 4.79 Å². The molecule has 0 radical (unpaired) electrons. The van der Waals surface area contributed by atoms with Crippen LogP contribution in [-0.4, -0.2) is 22.9 Å². The summed E-state index contributed by atoms with van der Waals surface area (Å²) in [5, 5.41) is 3.56. The molecule has 116 valence electrons.